The van der Waals surface area contributed by atoms with Crippen LogP contribution < -0.4 is 0 Å². The van der Waals surface area contributed by atoms with Crippen molar-refractivity contribution < 1.29 is 0 Å². The third-order valence-corrected chi connectivity index (χ3v) is 18.2. The molecule has 0 unspecified atom stereocenters. The monoisotopic (exact) mass is 1070 g/mol. The van der Waals surface area contributed by atoms with E-state index in [1.165, 1.54) is 180 Å². The van der Waals surface area contributed by atoms with Gasteiger partial charge in [-0.3, -0.25) is 0 Å². The van der Waals surface area contributed by atoms with Crippen LogP contribution in [0.2, 0.25) is 0 Å². The van der Waals surface area contributed by atoms with Gasteiger partial charge in [-0.05, 0) is 236 Å². The van der Waals surface area contributed by atoms with Crippen LogP contribution in [0.5, 0.6) is 0 Å². The summed E-state index contributed by atoms with van der Waals surface area (Å²) in [6.45, 7) is 2.15. The minimum atomic E-state index is 1.20. The van der Waals surface area contributed by atoms with E-state index in [1.54, 1.807) is 0 Å². The van der Waals surface area contributed by atoms with Gasteiger partial charge in [0.25, 0.3) is 0 Å². The first-order chi connectivity index (χ1) is 42.0. The summed E-state index contributed by atoms with van der Waals surface area (Å²) in [7, 11) is 0. The quantitative estimate of drug-likeness (QED) is 0.140. The van der Waals surface area contributed by atoms with Crippen molar-refractivity contribution in [2.75, 3.05) is 0 Å². The van der Waals surface area contributed by atoms with Gasteiger partial charge < -0.3 is 0 Å². The molecule has 0 N–H and O–H groups in total. The first kappa shape index (κ1) is 48.8. The summed E-state index contributed by atoms with van der Waals surface area (Å²) >= 11 is 0. The highest BCUT2D eigenvalue weighted by molar-refractivity contribution is 6.24. The molecule has 17 rings (SSSR count). The average Bonchev–Trinajstić information content (AvgIpc) is 1.24. The van der Waals surface area contributed by atoms with Gasteiger partial charge in [0.05, 0.1) is 0 Å². The van der Waals surface area contributed by atoms with E-state index in [4.69, 9.17) is 0 Å². The number of aryl methyl sites for hydroxylation is 1. The van der Waals surface area contributed by atoms with Gasteiger partial charge >= 0.3 is 0 Å². The minimum Gasteiger partial charge on any atom is -0.0616 e. The molecule has 0 aliphatic rings. The van der Waals surface area contributed by atoms with Crippen molar-refractivity contribution in [3.63, 3.8) is 0 Å². The van der Waals surface area contributed by atoms with E-state index in [9.17, 15) is 0 Å². The summed E-state index contributed by atoms with van der Waals surface area (Å²) in [5.74, 6) is 0. The fourth-order valence-electron chi connectivity index (χ4n) is 13.9. The Hall–Kier alpha value is -10.9. The summed E-state index contributed by atoms with van der Waals surface area (Å²) in [4.78, 5) is 0. The summed E-state index contributed by atoms with van der Waals surface area (Å²) in [5.41, 5.74) is 18.4. The number of fused-ring (bicyclic) bond motifs is 9. The molecule has 0 fully saturated rings. The van der Waals surface area contributed by atoms with Crippen LogP contribution in [0.15, 0.2) is 309 Å². The van der Waals surface area contributed by atoms with E-state index >= 15 is 0 Å². The van der Waals surface area contributed by atoms with Crippen LogP contribution in [0.4, 0.5) is 0 Å². The highest BCUT2D eigenvalue weighted by Crippen LogP contribution is 2.48. The summed E-state index contributed by atoms with van der Waals surface area (Å²) in [6.07, 6.45) is 0. The Bertz CT molecular complexity index is 5600. The second-order valence-corrected chi connectivity index (χ2v) is 23.2. The van der Waals surface area contributed by atoms with Gasteiger partial charge in [0.1, 0.15) is 0 Å². The Morgan fingerprint density at radius 3 is 0.706 bits per heavy atom. The van der Waals surface area contributed by atoms with Crippen molar-refractivity contribution in [2.45, 2.75) is 6.92 Å². The van der Waals surface area contributed by atoms with E-state index in [0.29, 0.717) is 0 Å². The predicted octanol–water partition coefficient (Wildman–Crippen LogP) is 24.0. The highest BCUT2D eigenvalue weighted by Gasteiger charge is 2.21. The molecule has 0 saturated carbocycles. The van der Waals surface area contributed by atoms with Crippen molar-refractivity contribution in [3.05, 3.63) is 315 Å². The molecule has 0 radical (unpaired) electrons. The Labute approximate surface area is 493 Å². The van der Waals surface area contributed by atoms with Crippen LogP contribution >= 0.6 is 0 Å². The third-order valence-electron chi connectivity index (χ3n) is 18.2. The van der Waals surface area contributed by atoms with Crippen molar-refractivity contribution in [1.29, 1.82) is 0 Å². The first-order valence-corrected chi connectivity index (χ1v) is 29.6. The smallest absolute Gasteiger partial charge is 0.00259 e. The lowest BCUT2D eigenvalue weighted by molar-refractivity contribution is 1.47. The Morgan fingerprint density at radius 2 is 0.353 bits per heavy atom. The van der Waals surface area contributed by atoms with Crippen LogP contribution in [0.1, 0.15) is 5.56 Å². The Balaban J connectivity index is 0.769. The normalized spacial score (nSPS) is 11.8. The molecular weight excluding hydrogens is 1020 g/mol. The largest absolute Gasteiger partial charge is 0.0616 e. The third kappa shape index (κ3) is 8.29. The second kappa shape index (κ2) is 19.6. The maximum Gasteiger partial charge on any atom is -0.00259 e. The lowest BCUT2D eigenvalue weighted by Gasteiger charge is -2.19. The van der Waals surface area contributed by atoms with Gasteiger partial charge in [0.15, 0.2) is 0 Å². The number of hydrogen-bond acceptors (Lipinski definition) is 0. The Morgan fingerprint density at radius 1 is 0.141 bits per heavy atom. The number of benzene rings is 17. The molecule has 0 bridgehead atoms. The summed E-state index contributed by atoms with van der Waals surface area (Å²) in [5, 5.41) is 22.3. The van der Waals surface area contributed by atoms with E-state index < -0.39 is 0 Å². The molecule has 0 aliphatic heterocycles. The van der Waals surface area contributed by atoms with Crippen LogP contribution in [-0.2, 0) is 0 Å². The van der Waals surface area contributed by atoms with E-state index in [0.717, 1.165) is 0 Å². The fraction of sp³-hybridized carbons (Fsp3) is 0.0118. The molecule has 0 heteroatoms. The van der Waals surface area contributed by atoms with Gasteiger partial charge in [0.2, 0.25) is 0 Å². The zero-order valence-electron chi connectivity index (χ0n) is 46.9. The molecule has 17 aromatic carbocycles. The molecule has 0 atom stereocenters. The van der Waals surface area contributed by atoms with Gasteiger partial charge in [-0.2, -0.15) is 0 Å². The zero-order valence-corrected chi connectivity index (χ0v) is 46.9. The second-order valence-electron chi connectivity index (χ2n) is 23.2. The molecule has 0 saturated heterocycles. The fourth-order valence-corrected chi connectivity index (χ4v) is 13.9. The van der Waals surface area contributed by atoms with Crippen LogP contribution in [0.25, 0.3) is 175 Å². The molecule has 0 aliphatic carbocycles. The number of rotatable bonds is 7. The van der Waals surface area contributed by atoms with Gasteiger partial charge in [-0.15, -0.1) is 0 Å². The van der Waals surface area contributed by atoms with Crippen molar-refractivity contribution in [2.24, 2.45) is 0 Å². The molecule has 17 aromatic rings. The van der Waals surface area contributed by atoms with Crippen LogP contribution in [-0.4, -0.2) is 0 Å². The zero-order chi connectivity index (χ0) is 56.1. The minimum absolute atomic E-state index is 1.20. The molecule has 0 heterocycles. The maximum atomic E-state index is 2.44. The van der Waals surface area contributed by atoms with E-state index in [-0.39, 0.29) is 0 Å². The first-order valence-electron chi connectivity index (χ1n) is 29.6. The van der Waals surface area contributed by atoms with Crippen molar-refractivity contribution in [3.8, 4) is 77.9 Å². The molecular formula is C85H54. The van der Waals surface area contributed by atoms with Gasteiger partial charge in [-0.25, -0.2) is 0 Å². The highest BCUT2D eigenvalue weighted by atomic mass is 14.2. The maximum absolute atomic E-state index is 2.44. The molecule has 0 nitrogen and oxygen atoms in total. The molecule has 85 heavy (non-hydrogen) atoms. The SMILES string of the molecule is Cc1ccc(-c2ccc3c(-c4ccc5cc(-c6ccc7cc(-c8c9ccccc9c(-c9ccc%10ccccc%10c9)c9ccc(-c%10ccc%11ccccc%11c%10)cc89)ccc7c6)ccc5c4)c4ccccc4c(-c4ccc5ccccc5c4)c3c2)cc1. The van der Waals surface area contributed by atoms with Crippen molar-refractivity contribution in [1.82, 2.24) is 0 Å². The molecule has 0 aromatic heterocycles. The molecule has 394 valence electrons. The van der Waals surface area contributed by atoms with Gasteiger partial charge in [0, 0.05) is 0 Å². The number of hydrogen-bond donors (Lipinski definition) is 0. The average molecular weight is 1080 g/mol. The lowest BCUT2D eigenvalue weighted by Crippen LogP contribution is -1.92. The van der Waals surface area contributed by atoms with E-state index in [2.05, 4.69) is 316 Å². The molecule has 0 amide bonds. The van der Waals surface area contributed by atoms with Crippen LogP contribution in [0, 0.1) is 6.92 Å². The van der Waals surface area contributed by atoms with Gasteiger partial charge in [-0.1, -0.05) is 260 Å². The van der Waals surface area contributed by atoms with E-state index in [1.807, 2.05) is 0 Å². The predicted molar refractivity (Wildman–Crippen MR) is 367 cm³/mol. The Kier molecular flexibility index (Phi) is 11.3. The molecule has 0 spiro atoms. The summed E-state index contributed by atoms with van der Waals surface area (Å²) in [6, 6.07) is 116. The topological polar surface area (TPSA) is 0 Å². The van der Waals surface area contributed by atoms with Crippen molar-refractivity contribution >= 4 is 97.0 Å². The summed E-state index contributed by atoms with van der Waals surface area (Å²) < 4.78 is 0. The standard InChI is InChI=1S/C85H54/c1-53-22-24-57(25-23-53)68-40-42-78-80(51-68)84(72-37-28-56-14-4-7-17-60(56)48-72)76-20-10-9-19-75(76)83(78)71-38-34-63-45-61(30-32-66(63)49-71)62-31-33-67-50-73(39-35-64(67)46-62)85-77-21-11-8-18-74(77)82(70-36-27-55-13-3-6-16-59(55)47-70)79-43-41-69(52-81(79)85)65-29-26-54-12-2-5-15-58(54)44-65/h2-52H,1H3. The lowest BCUT2D eigenvalue weighted by atomic mass is 9.84. The van der Waals surface area contributed by atoms with Crippen LogP contribution in [0.3, 0.4) is 0 Å².